The zero-order valence-electron chi connectivity index (χ0n) is 10.2. The van der Waals surface area contributed by atoms with Crippen LogP contribution in [0.4, 0.5) is 20.4 Å². The van der Waals surface area contributed by atoms with Crippen molar-refractivity contribution in [3.05, 3.63) is 53.6 Å². The van der Waals surface area contributed by atoms with Crippen molar-refractivity contribution in [3.8, 4) is 0 Å². The summed E-state index contributed by atoms with van der Waals surface area (Å²) in [5.41, 5.74) is 3.04. The summed E-state index contributed by atoms with van der Waals surface area (Å²) in [4.78, 5) is 4.16. The Hall–Kier alpha value is -2.21. The average molecular weight is 264 g/mol. The molecule has 0 saturated carbocycles. The molecule has 0 amide bonds. The molecule has 0 saturated heterocycles. The lowest BCUT2D eigenvalue weighted by molar-refractivity contribution is 0.580. The van der Waals surface area contributed by atoms with Crippen molar-refractivity contribution < 1.29 is 8.78 Å². The molecule has 4 N–H and O–H groups in total. The molecule has 0 bridgehead atoms. The number of nitrogens with one attached hydrogen (secondary N) is 2. The molecule has 0 aliphatic heterocycles. The van der Waals surface area contributed by atoms with Crippen molar-refractivity contribution in [2.45, 2.75) is 6.42 Å². The fourth-order valence-electron chi connectivity index (χ4n) is 1.70. The van der Waals surface area contributed by atoms with Gasteiger partial charge in [-0.1, -0.05) is 6.07 Å². The van der Waals surface area contributed by atoms with Crippen LogP contribution in [0.5, 0.6) is 0 Å². The quantitative estimate of drug-likeness (QED) is 0.573. The maximum Gasteiger partial charge on any atom is 0.142 e. The minimum absolute atomic E-state index is 0.497. The first-order valence-corrected chi connectivity index (χ1v) is 5.80. The molecule has 1 aromatic heterocycles. The van der Waals surface area contributed by atoms with E-state index >= 15 is 0 Å². The summed E-state index contributed by atoms with van der Waals surface area (Å²) in [6.07, 6.45) is 0.497. The number of nitrogens with two attached hydrogens (primary N) is 1. The van der Waals surface area contributed by atoms with Gasteiger partial charge in [-0.25, -0.2) is 19.6 Å². The Balaban J connectivity index is 1.92. The maximum atomic E-state index is 13.0. The second kappa shape index (κ2) is 6.10. The molecule has 2 rings (SSSR count). The van der Waals surface area contributed by atoms with E-state index in [2.05, 4.69) is 15.7 Å². The average Bonchev–Trinajstić information content (AvgIpc) is 2.38. The van der Waals surface area contributed by atoms with Crippen LogP contribution in [0.3, 0.4) is 0 Å². The number of pyridine rings is 1. The predicted molar refractivity (Wildman–Crippen MR) is 70.6 cm³/mol. The smallest absolute Gasteiger partial charge is 0.142 e. The van der Waals surface area contributed by atoms with Gasteiger partial charge in [-0.3, -0.25) is 0 Å². The van der Waals surface area contributed by atoms with Crippen LogP contribution in [0.1, 0.15) is 5.56 Å². The Bertz CT molecular complexity index is 540. The van der Waals surface area contributed by atoms with E-state index in [9.17, 15) is 8.78 Å². The van der Waals surface area contributed by atoms with Crippen molar-refractivity contribution in [3.63, 3.8) is 0 Å². The summed E-state index contributed by atoms with van der Waals surface area (Å²) < 4.78 is 26.0. The van der Waals surface area contributed by atoms with Crippen molar-refractivity contribution in [1.82, 2.24) is 4.98 Å². The number of nitrogens with zero attached hydrogens (tertiary/aromatic N) is 1. The Labute approximate surface area is 109 Å². The second-order valence-corrected chi connectivity index (χ2v) is 4.01. The van der Waals surface area contributed by atoms with Crippen molar-refractivity contribution >= 4 is 11.6 Å². The standard InChI is InChI=1S/C13H14F2N4/c14-10-6-9(7-11(15)8-10)4-5-17-12-2-1-3-13(18-12)19-16/h1-3,6-8H,4-5,16H2,(H2,17,18,19). The first-order chi connectivity index (χ1) is 9.17. The molecule has 0 fully saturated rings. The molecular formula is C13H14F2N4. The van der Waals surface area contributed by atoms with E-state index in [0.29, 0.717) is 30.2 Å². The zero-order chi connectivity index (χ0) is 13.7. The number of hydrogen-bond acceptors (Lipinski definition) is 4. The Morgan fingerprint density at radius 2 is 1.74 bits per heavy atom. The van der Waals surface area contributed by atoms with Gasteiger partial charge in [0.25, 0.3) is 0 Å². The van der Waals surface area contributed by atoms with Crippen LogP contribution in [-0.4, -0.2) is 11.5 Å². The summed E-state index contributed by atoms with van der Waals surface area (Å²) in [5, 5.41) is 3.06. The van der Waals surface area contributed by atoms with Crippen LogP contribution in [0.25, 0.3) is 0 Å². The monoisotopic (exact) mass is 264 g/mol. The second-order valence-electron chi connectivity index (χ2n) is 4.01. The molecule has 2 aromatic rings. The number of hydrogen-bond donors (Lipinski definition) is 3. The molecule has 0 spiro atoms. The van der Waals surface area contributed by atoms with Crippen LogP contribution >= 0.6 is 0 Å². The first kappa shape index (κ1) is 13.2. The number of aromatic nitrogens is 1. The summed E-state index contributed by atoms with van der Waals surface area (Å²) in [7, 11) is 0. The molecule has 1 heterocycles. The van der Waals surface area contributed by atoms with Gasteiger partial charge in [0.1, 0.15) is 23.3 Å². The van der Waals surface area contributed by atoms with E-state index in [1.807, 2.05) is 0 Å². The van der Waals surface area contributed by atoms with Crippen LogP contribution in [0.15, 0.2) is 36.4 Å². The van der Waals surface area contributed by atoms with E-state index in [4.69, 9.17) is 5.84 Å². The highest BCUT2D eigenvalue weighted by Gasteiger charge is 2.01. The molecule has 19 heavy (non-hydrogen) atoms. The third-order valence-corrected chi connectivity index (χ3v) is 2.54. The zero-order valence-corrected chi connectivity index (χ0v) is 10.2. The number of halogens is 2. The molecule has 100 valence electrons. The third-order valence-electron chi connectivity index (χ3n) is 2.54. The number of anilines is 2. The molecule has 0 atom stereocenters. The minimum Gasteiger partial charge on any atom is -0.370 e. The Morgan fingerprint density at radius 3 is 2.42 bits per heavy atom. The van der Waals surface area contributed by atoms with Gasteiger partial charge in [0.05, 0.1) is 0 Å². The van der Waals surface area contributed by atoms with Crippen molar-refractivity contribution in [1.29, 1.82) is 0 Å². The fraction of sp³-hybridized carbons (Fsp3) is 0.154. The molecule has 1 aromatic carbocycles. The highest BCUT2D eigenvalue weighted by atomic mass is 19.1. The molecule has 4 nitrogen and oxygen atoms in total. The van der Waals surface area contributed by atoms with Gasteiger partial charge >= 0.3 is 0 Å². The molecular weight excluding hydrogens is 250 g/mol. The normalized spacial score (nSPS) is 10.3. The molecule has 0 radical (unpaired) electrons. The van der Waals surface area contributed by atoms with E-state index in [1.165, 1.54) is 12.1 Å². The maximum absolute atomic E-state index is 13.0. The van der Waals surface area contributed by atoms with Crippen LogP contribution in [0, 0.1) is 11.6 Å². The molecule has 0 aliphatic carbocycles. The van der Waals surface area contributed by atoms with Gasteiger partial charge in [0.2, 0.25) is 0 Å². The van der Waals surface area contributed by atoms with Gasteiger partial charge in [0, 0.05) is 12.6 Å². The number of hydrazine groups is 1. The topological polar surface area (TPSA) is 63.0 Å². The SMILES string of the molecule is NNc1cccc(NCCc2cc(F)cc(F)c2)n1. The molecule has 0 unspecified atom stereocenters. The van der Waals surface area contributed by atoms with Crippen molar-refractivity contribution in [2.75, 3.05) is 17.3 Å². The fourth-order valence-corrected chi connectivity index (χ4v) is 1.70. The third kappa shape index (κ3) is 3.89. The molecule has 6 heteroatoms. The lowest BCUT2D eigenvalue weighted by atomic mass is 10.1. The van der Waals surface area contributed by atoms with E-state index < -0.39 is 11.6 Å². The van der Waals surface area contributed by atoms with E-state index in [-0.39, 0.29) is 0 Å². The summed E-state index contributed by atoms with van der Waals surface area (Å²) in [6, 6.07) is 8.80. The van der Waals surface area contributed by atoms with Gasteiger partial charge in [0.15, 0.2) is 0 Å². The lowest BCUT2D eigenvalue weighted by Crippen LogP contribution is -2.11. The van der Waals surface area contributed by atoms with Crippen molar-refractivity contribution in [2.24, 2.45) is 5.84 Å². The number of benzene rings is 1. The molecule has 0 aliphatic rings. The van der Waals surface area contributed by atoms with E-state index in [0.717, 1.165) is 6.07 Å². The highest BCUT2D eigenvalue weighted by Crippen LogP contribution is 2.10. The summed E-state index contributed by atoms with van der Waals surface area (Å²) in [5.74, 6) is 5.30. The summed E-state index contributed by atoms with van der Waals surface area (Å²) >= 11 is 0. The van der Waals surface area contributed by atoms with Gasteiger partial charge in [-0.2, -0.15) is 0 Å². The number of rotatable bonds is 5. The lowest BCUT2D eigenvalue weighted by Gasteiger charge is -2.07. The van der Waals surface area contributed by atoms with Crippen LogP contribution in [-0.2, 0) is 6.42 Å². The summed E-state index contributed by atoms with van der Waals surface area (Å²) in [6.45, 7) is 0.518. The largest absolute Gasteiger partial charge is 0.370 e. The Morgan fingerprint density at radius 1 is 1.05 bits per heavy atom. The Kier molecular flexibility index (Phi) is 4.25. The van der Waals surface area contributed by atoms with Crippen LogP contribution in [0.2, 0.25) is 0 Å². The van der Waals surface area contributed by atoms with Gasteiger partial charge in [-0.05, 0) is 36.2 Å². The first-order valence-electron chi connectivity index (χ1n) is 5.80. The van der Waals surface area contributed by atoms with E-state index in [1.54, 1.807) is 18.2 Å². The predicted octanol–water partition coefficient (Wildman–Crippen LogP) is 2.30. The minimum atomic E-state index is -0.567. The van der Waals surface area contributed by atoms with Gasteiger partial charge < -0.3 is 10.7 Å². The highest BCUT2D eigenvalue weighted by molar-refractivity contribution is 5.44. The van der Waals surface area contributed by atoms with Crippen LogP contribution < -0.4 is 16.6 Å². The van der Waals surface area contributed by atoms with Gasteiger partial charge in [-0.15, -0.1) is 0 Å². The number of nitrogen functional groups attached to an aromatic ring is 1.